The van der Waals surface area contributed by atoms with Gasteiger partial charge in [0.1, 0.15) is 11.5 Å². The summed E-state index contributed by atoms with van der Waals surface area (Å²) < 4.78 is 12.8. The highest BCUT2D eigenvalue weighted by Crippen LogP contribution is 2.68. The molecule has 0 spiro atoms. The zero-order chi connectivity index (χ0) is 23.8. The molecule has 0 heterocycles. The molecule has 33 heavy (non-hydrogen) atoms. The molecule has 3 fully saturated rings. The number of Topliss-reactive ketones (excluding diaryl/α,β-unsaturated/α-hetero) is 1. The molecule has 0 amide bonds. The van der Waals surface area contributed by atoms with Crippen LogP contribution in [0.25, 0.3) is 0 Å². The number of rotatable bonds is 3. The van der Waals surface area contributed by atoms with Gasteiger partial charge < -0.3 is 4.55 Å². The maximum atomic E-state index is 13.7. The van der Waals surface area contributed by atoms with Gasteiger partial charge in [-0.15, -0.1) is 0 Å². The Morgan fingerprint density at radius 2 is 1.94 bits per heavy atom. The van der Waals surface area contributed by atoms with Crippen LogP contribution in [0.4, 0.5) is 0 Å². The number of fused-ring (bicyclic) bond motifs is 5. The van der Waals surface area contributed by atoms with Gasteiger partial charge in [-0.2, -0.15) is 0 Å². The summed E-state index contributed by atoms with van der Waals surface area (Å²) >= 11 is 18.2. The van der Waals surface area contributed by atoms with Crippen molar-refractivity contribution in [1.29, 1.82) is 0 Å². The van der Waals surface area contributed by atoms with E-state index in [9.17, 15) is 14.1 Å². The fraction of sp³-hybridized carbons (Fsp3) is 0.538. The summed E-state index contributed by atoms with van der Waals surface area (Å²) in [6.07, 6.45) is 8.73. The highest BCUT2D eigenvalue weighted by Gasteiger charge is 2.70. The van der Waals surface area contributed by atoms with Gasteiger partial charge in [0, 0.05) is 45.2 Å². The van der Waals surface area contributed by atoms with Gasteiger partial charge in [-0.1, -0.05) is 66.4 Å². The molecule has 0 unspecified atom stereocenters. The molecule has 0 aliphatic heterocycles. The number of alkyl halides is 1. The first-order valence-corrected chi connectivity index (χ1v) is 13.9. The third kappa shape index (κ3) is 3.50. The molecule has 4 aliphatic carbocycles. The molecule has 0 N–H and O–H groups in total. The molecule has 1 aromatic rings. The maximum absolute atomic E-state index is 13.7. The maximum Gasteiger partial charge on any atom is 0.204 e. The zero-order valence-corrected chi connectivity index (χ0v) is 21.8. The van der Waals surface area contributed by atoms with Crippen LogP contribution in [0.5, 0.6) is 0 Å². The van der Waals surface area contributed by atoms with Gasteiger partial charge in [0.2, 0.25) is 4.21 Å². The van der Waals surface area contributed by atoms with Crippen molar-refractivity contribution in [3.8, 4) is 0 Å². The molecule has 4 aliphatic rings. The Bertz CT molecular complexity index is 1100. The van der Waals surface area contributed by atoms with E-state index in [2.05, 4.69) is 13.8 Å². The van der Waals surface area contributed by atoms with Gasteiger partial charge >= 0.3 is 0 Å². The molecule has 176 valence electrons. The van der Waals surface area contributed by atoms with Crippen LogP contribution >= 0.6 is 34.8 Å². The summed E-state index contributed by atoms with van der Waals surface area (Å²) in [4.78, 5) is 25.7. The number of allylic oxidation sites excluding steroid dienone is 4. The lowest BCUT2D eigenvalue weighted by Gasteiger charge is -2.56. The molecular formula is C26H27Cl3O3S. The Morgan fingerprint density at radius 1 is 1.18 bits per heavy atom. The fourth-order valence-electron chi connectivity index (χ4n) is 7.23. The van der Waals surface area contributed by atoms with Crippen molar-refractivity contribution in [3.05, 3.63) is 57.6 Å². The van der Waals surface area contributed by atoms with E-state index in [0.717, 1.165) is 30.4 Å². The van der Waals surface area contributed by atoms with E-state index in [1.54, 1.807) is 30.4 Å². The van der Waals surface area contributed by atoms with E-state index < -0.39 is 26.2 Å². The second kappa shape index (κ2) is 8.13. The predicted molar refractivity (Wildman–Crippen MR) is 134 cm³/mol. The van der Waals surface area contributed by atoms with Crippen molar-refractivity contribution in [2.45, 2.75) is 55.9 Å². The van der Waals surface area contributed by atoms with Crippen LogP contribution in [-0.2, 0) is 26.5 Å². The molecule has 0 saturated heterocycles. The Morgan fingerprint density at radius 3 is 2.67 bits per heavy atom. The standard InChI is InChI=1S/C26H27Cl3O3S/c1-24-9-7-18(30)11-16(24)4-6-19-20-8-10-26(29,25(20,2)13-22(31)23(19)24)33(32)14-15-3-5-17(27)12-21(15)28/h3,5,7,9,11-12,19-20,23H,4,6,8,10,13-14H2,1-2H3/t19-,20-,23+,24-,25-,26-,33-/m0/s1. The predicted octanol–water partition coefficient (Wildman–Crippen LogP) is 6.66. The summed E-state index contributed by atoms with van der Waals surface area (Å²) in [5.41, 5.74) is 0.859. The normalized spacial score (nSPS) is 40.7. The van der Waals surface area contributed by atoms with Gasteiger partial charge in [-0.05, 0) is 66.6 Å². The number of ketones is 2. The quantitative estimate of drug-likeness (QED) is 0.327. The molecule has 0 aromatic heterocycles. The van der Waals surface area contributed by atoms with E-state index >= 15 is 0 Å². The fourth-order valence-corrected chi connectivity index (χ4v) is 10.1. The highest BCUT2D eigenvalue weighted by molar-refractivity contribution is 7.93. The number of carbonyl (C=O) groups excluding carboxylic acids is 2. The first kappa shape index (κ1) is 23.9. The summed E-state index contributed by atoms with van der Waals surface area (Å²) in [7, 11) is 0. The van der Waals surface area contributed by atoms with Gasteiger partial charge in [0.25, 0.3) is 0 Å². The van der Waals surface area contributed by atoms with E-state index in [1.165, 1.54) is 0 Å². The average Bonchev–Trinajstić information content (AvgIpc) is 3.02. The Labute approximate surface area is 213 Å². The minimum Gasteiger partial charge on any atom is -0.615 e. The molecular weight excluding hydrogens is 499 g/mol. The van der Waals surface area contributed by atoms with Crippen LogP contribution in [0, 0.1) is 28.6 Å². The van der Waals surface area contributed by atoms with Crippen LogP contribution < -0.4 is 0 Å². The number of carbonyl (C=O) groups is 2. The van der Waals surface area contributed by atoms with Crippen molar-refractivity contribution in [2.24, 2.45) is 28.6 Å². The van der Waals surface area contributed by atoms with Crippen LogP contribution in [0.2, 0.25) is 10.0 Å². The van der Waals surface area contributed by atoms with Gasteiger partial charge in [-0.3, -0.25) is 9.59 Å². The van der Waals surface area contributed by atoms with E-state index in [1.807, 2.05) is 6.08 Å². The van der Waals surface area contributed by atoms with Gasteiger partial charge in [0.05, 0.1) is 0 Å². The van der Waals surface area contributed by atoms with Crippen LogP contribution in [0.1, 0.15) is 51.5 Å². The zero-order valence-electron chi connectivity index (χ0n) is 18.7. The van der Waals surface area contributed by atoms with Crippen LogP contribution in [0.15, 0.2) is 42.0 Å². The summed E-state index contributed by atoms with van der Waals surface area (Å²) in [6.45, 7) is 4.17. The van der Waals surface area contributed by atoms with Crippen molar-refractivity contribution in [1.82, 2.24) is 0 Å². The van der Waals surface area contributed by atoms with Crippen LogP contribution in [0.3, 0.4) is 0 Å². The Hall–Kier alpha value is -0.780. The smallest absolute Gasteiger partial charge is 0.204 e. The molecule has 7 heteroatoms. The molecule has 0 bridgehead atoms. The van der Waals surface area contributed by atoms with E-state index in [0.29, 0.717) is 22.9 Å². The van der Waals surface area contributed by atoms with Crippen molar-refractivity contribution < 1.29 is 14.1 Å². The number of hydrogen-bond donors (Lipinski definition) is 0. The average molecular weight is 526 g/mol. The largest absolute Gasteiger partial charge is 0.615 e. The third-order valence-corrected chi connectivity index (χ3v) is 12.6. The van der Waals surface area contributed by atoms with Gasteiger partial charge in [0.15, 0.2) is 5.78 Å². The first-order chi connectivity index (χ1) is 15.5. The Kier molecular flexibility index (Phi) is 5.90. The summed E-state index contributed by atoms with van der Waals surface area (Å²) in [6, 6.07) is 5.19. The lowest BCUT2D eigenvalue weighted by atomic mass is 9.48. The summed E-state index contributed by atoms with van der Waals surface area (Å²) in [5, 5.41) is 1.01. The molecule has 3 nitrogen and oxygen atoms in total. The molecule has 5 rings (SSSR count). The van der Waals surface area contributed by atoms with Crippen LogP contribution in [-0.4, -0.2) is 20.3 Å². The van der Waals surface area contributed by atoms with Crippen molar-refractivity contribution in [3.63, 3.8) is 0 Å². The number of halogens is 3. The lowest BCUT2D eigenvalue weighted by Crippen LogP contribution is -2.58. The Balaban J connectivity index is 1.46. The number of benzene rings is 1. The van der Waals surface area contributed by atoms with E-state index in [-0.39, 0.29) is 35.1 Å². The SMILES string of the molecule is C[C@]12C=CC(=O)C=C1CC[C@@H]1[C@@H]2C(=O)C[C@@]2(C)[C@H]1CC[C@]2(Cl)[S@@+]([O-])Cc1ccc(Cl)cc1Cl. The van der Waals surface area contributed by atoms with E-state index in [4.69, 9.17) is 34.8 Å². The number of hydrogen-bond acceptors (Lipinski definition) is 3. The highest BCUT2D eigenvalue weighted by atomic mass is 35.5. The molecule has 1 aromatic carbocycles. The second-order valence-corrected chi connectivity index (χ2v) is 13.9. The third-order valence-electron chi connectivity index (χ3n) is 8.94. The minimum absolute atomic E-state index is 0.00548. The lowest BCUT2D eigenvalue weighted by molar-refractivity contribution is -0.141. The minimum atomic E-state index is -1.42. The molecule has 7 atom stereocenters. The molecule has 3 saturated carbocycles. The topological polar surface area (TPSA) is 57.2 Å². The monoisotopic (exact) mass is 524 g/mol. The van der Waals surface area contributed by atoms with Crippen molar-refractivity contribution >= 4 is 57.5 Å². The second-order valence-electron chi connectivity index (χ2n) is 10.5. The first-order valence-electron chi connectivity index (χ1n) is 11.5. The van der Waals surface area contributed by atoms with Crippen molar-refractivity contribution in [2.75, 3.05) is 0 Å². The van der Waals surface area contributed by atoms with Gasteiger partial charge in [-0.25, -0.2) is 0 Å². The summed E-state index contributed by atoms with van der Waals surface area (Å²) in [5.74, 6) is 0.655. The molecule has 0 radical (unpaired) electrons.